The first kappa shape index (κ1) is 19.6. The van der Waals surface area contributed by atoms with Crippen molar-refractivity contribution in [3.05, 3.63) is 70.8 Å². The van der Waals surface area contributed by atoms with Gasteiger partial charge in [-0.2, -0.15) is 0 Å². The van der Waals surface area contributed by atoms with Crippen LogP contribution < -0.4 is 0 Å². The predicted molar refractivity (Wildman–Crippen MR) is 105 cm³/mol. The summed E-state index contributed by atoms with van der Waals surface area (Å²) in [7, 11) is 0. The van der Waals surface area contributed by atoms with Gasteiger partial charge < -0.3 is 14.9 Å². The Hall–Kier alpha value is -3.15. The van der Waals surface area contributed by atoms with Gasteiger partial charge in [0, 0.05) is 31.7 Å². The highest BCUT2D eigenvalue weighted by molar-refractivity contribution is 5.94. The smallest absolute Gasteiger partial charge is 0.335 e. The number of rotatable bonds is 5. The average molecular weight is 380 g/mol. The molecule has 0 atom stereocenters. The third-order valence-corrected chi connectivity index (χ3v) is 5.06. The van der Waals surface area contributed by atoms with Crippen molar-refractivity contribution in [2.24, 2.45) is 0 Å². The minimum Gasteiger partial charge on any atom is -0.478 e. The summed E-state index contributed by atoms with van der Waals surface area (Å²) in [6.45, 7) is 4.03. The first-order valence-corrected chi connectivity index (χ1v) is 9.46. The lowest BCUT2D eigenvalue weighted by molar-refractivity contribution is -0.131. The summed E-state index contributed by atoms with van der Waals surface area (Å²) in [5, 5.41) is 9.06. The number of benzene rings is 2. The van der Waals surface area contributed by atoms with Crippen molar-refractivity contribution in [1.29, 1.82) is 0 Å². The minimum absolute atomic E-state index is 0.0103. The zero-order valence-electron chi connectivity index (χ0n) is 15.9. The molecule has 28 heavy (non-hydrogen) atoms. The Kier molecular flexibility index (Phi) is 6.09. The van der Waals surface area contributed by atoms with E-state index in [-0.39, 0.29) is 23.8 Å². The van der Waals surface area contributed by atoms with Crippen LogP contribution in [0.3, 0.4) is 0 Å². The summed E-state index contributed by atoms with van der Waals surface area (Å²) in [5.74, 6) is -1.07. The molecule has 3 rings (SSSR count). The summed E-state index contributed by atoms with van der Waals surface area (Å²) >= 11 is 0. The maximum absolute atomic E-state index is 12.6. The molecule has 1 aliphatic heterocycles. The number of nitrogens with zero attached hydrogens (tertiary/aromatic N) is 2. The summed E-state index contributed by atoms with van der Waals surface area (Å²) in [5.41, 5.74) is 2.72. The van der Waals surface area contributed by atoms with Crippen molar-refractivity contribution >= 4 is 17.8 Å². The van der Waals surface area contributed by atoms with Crippen LogP contribution in [0.5, 0.6) is 0 Å². The number of piperazine rings is 1. The summed E-state index contributed by atoms with van der Waals surface area (Å²) in [6.07, 6.45) is 1.10. The molecule has 2 aromatic carbocycles. The van der Waals surface area contributed by atoms with Crippen molar-refractivity contribution < 1.29 is 19.5 Å². The Bertz CT molecular complexity index is 868. The minimum atomic E-state index is -1.01. The zero-order valence-corrected chi connectivity index (χ0v) is 15.9. The van der Waals surface area contributed by atoms with Gasteiger partial charge in [0.15, 0.2) is 0 Å². The number of aryl methyl sites for hydroxylation is 1. The van der Waals surface area contributed by atoms with Gasteiger partial charge in [-0.1, -0.05) is 31.2 Å². The first-order chi connectivity index (χ1) is 13.5. The van der Waals surface area contributed by atoms with Gasteiger partial charge in [-0.3, -0.25) is 9.59 Å². The van der Waals surface area contributed by atoms with Gasteiger partial charge in [-0.15, -0.1) is 0 Å². The van der Waals surface area contributed by atoms with E-state index >= 15 is 0 Å². The van der Waals surface area contributed by atoms with E-state index < -0.39 is 5.97 Å². The monoisotopic (exact) mass is 380 g/mol. The van der Waals surface area contributed by atoms with Crippen LogP contribution >= 0.6 is 0 Å². The predicted octanol–water partition coefficient (Wildman–Crippen LogP) is 2.47. The maximum Gasteiger partial charge on any atom is 0.335 e. The van der Waals surface area contributed by atoms with Crippen molar-refractivity contribution in [3.63, 3.8) is 0 Å². The molecule has 0 radical (unpaired) electrons. The third kappa shape index (κ3) is 4.57. The van der Waals surface area contributed by atoms with E-state index in [1.807, 2.05) is 24.3 Å². The zero-order chi connectivity index (χ0) is 20.1. The fourth-order valence-electron chi connectivity index (χ4n) is 3.33. The number of aromatic carboxylic acids is 1. The van der Waals surface area contributed by atoms with E-state index in [0.717, 1.165) is 6.42 Å². The van der Waals surface area contributed by atoms with E-state index in [4.69, 9.17) is 5.11 Å². The topological polar surface area (TPSA) is 77.9 Å². The SMILES string of the molecule is CCc1ccc(C(=O)N2CCN(C(=O)Cc3cccc(C(=O)O)c3)CC2)cc1. The van der Waals surface area contributed by atoms with E-state index in [9.17, 15) is 14.4 Å². The van der Waals surface area contributed by atoms with Gasteiger partial charge >= 0.3 is 5.97 Å². The number of hydrogen-bond acceptors (Lipinski definition) is 3. The lowest BCUT2D eigenvalue weighted by Crippen LogP contribution is -2.51. The van der Waals surface area contributed by atoms with Crippen molar-refractivity contribution in [2.75, 3.05) is 26.2 Å². The molecular formula is C22H24N2O4. The van der Waals surface area contributed by atoms with Crippen molar-refractivity contribution in [1.82, 2.24) is 9.80 Å². The Labute approximate surface area is 164 Å². The quantitative estimate of drug-likeness (QED) is 0.864. The van der Waals surface area contributed by atoms with Crippen LogP contribution in [0, 0.1) is 0 Å². The molecule has 1 saturated heterocycles. The molecule has 0 bridgehead atoms. The van der Waals surface area contributed by atoms with Gasteiger partial charge in [0.1, 0.15) is 0 Å². The summed E-state index contributed by atoms with van der Waals surface area (Å²) < 4.78 is 0. The van der Waals surface area contributed by atoms with Crippen LogP contribution in [-0.4, -0.2) is 58.9 Å². The average Bonchev–Trinajstić information content (AvgIpc) is 2.73. The number of carbonyl (C=O) groups excluding carboxylic acids is 2. The molecule has 0 spiro atoms. The summed E-state index contributed by atoms with van der Waals surface area (Å²) in [4.78, 5) is 39.7. The number of carbonyl (C=O) groups is 3. The van der Waals surface area contributed by atoms with Crippen LogP contribution in [0.1, 0.15) is 38.8 Å². The third-order valence-electron chi connectivity index (χ3n) is 5.06. The Morgan fingerprint density at radius 1 is 0.857 bits per heavy atom. The molecule has 1 fully saturated rings. The van der Waals surface area contributed by atoms with Crippen LogP contribution in [0.4, 0.5) is 0 Å². The molecule has 1 aliphatic rings. The molecule has 6 heteroatoms. The molecular weight excluding hydrogens is 356 g/mol. The molecule has 2 aromatic rings. The van der Waals surface area contributed by atoms with Gasteiger partial charge in [-0.25, -0.2) is 4.79 Å². The molecule has 0 aromatic heterocycles. The van der Waals surface area contributed by atoms with E-state index in [0.29, 0.717) is 37.3 Å². The molecule has 0 unspecified atom stereocenters. The van der Waals surface area contributed by atoms with E-state index in [2.05, 4.69) is 6.92 Å². The number of amides is 2. The van der Waals surface area contributed by atoms with Crippen LogP contribution in [0.25, 0.3) is 0 Å². The molecule has 1 N–H and O–H groups in total. The van der Waals surface area contributed by atoms with E-state index in [1.165, 1.54) is 17.7 Å². The highest BCUT2D eigenvalue weighted by Gasteiger charge is 2.25. The van der Waals surface area contributed by atoms with Crippen LogP contribution in [0.2, 0.25) is 0 Å². The maximum atomic E-state index is 12.6. The molecule has 0 aliphatic carbocycles. The Morgan fingerprint density at radius 2 is 1.50 bits per heavy atom. The van der Waals surface area contributed by atoms with Gasteiger partial charge in [0.05, 0.1) is 12.0 Å². The van der Waals surface area contributed by atoms with Gasteiger partial charge in [-0.05, 0) is 41.8 Å². The fraction of sp³-hybridized carbons (Fsp3) is 0.318. The molecule has 2 amide bonds. The largest absolute Gasteiger partial charge is 0.478 e. The Morgan fingerprint density at radius 3 is 2.11 bits per heavy atom. The molecule has 6 nitrogen and oxygen atoms in total. The second-order valence-electron chi connectivity index (χ2n) is 6.91. The highest BCUT2D eigenvalue weighted by Crippen LogP contribution is 2.13. The van der Waals surface area contributed by atoms with Crippen LogP contribution in [-0.2, 0) is 17.6 Å². The van der Waals surface area contributed by atoms with Gasteiger partial charge in [0.2, 0.25) is 5.91 Å². The Balaban J connectivity index is 1.55. The second kappa shape index (κ2) is 8.69. The summed E-state index contributed by atoms with van der Waals surface area (Å²) in [6, 6.07) is 14.1. The lowest BCUT2D eigenvalue weighted by atomic mass is 10.1. The first-order valence-electron chi connectivity index (χ1n) is 9.46. The normalized spacial score (nSPS) is 14.0. The number of hydrogen-bond donors (Lipinski definition) is 1. The fourth-order valence-corrected chi connectivity index (χ4v) is 3.33. The number of carboxylic acids is 1. The van der Waals surface area contributed by atoms with E-state index in [1.54, 1.807) is 21.9 Å². The highest BCUT2D eigenvalue weighted by atomic mass is 16.4. The van der Waals surface area contributed by atoms with Gasteiger partial charge in [0.25, 0.3) is 5.91 Å². The van der Waals surface area contributed by atoms with Crippen molar-refractivity contribution in [2.45, 2.75) is 19.8 Å². The standard InChI is InChI=1S/C22H24N2O4/c1-2-16-6-8-18(9-7-16)21(26)24-12-10-23(11-13-24)20(25)15-17-4-3-5-19(14-17)22(27)28/h3-9,14H,2,10-13,15H2,1H3,(H,27,28). The van der Waals surface area contributed by atoms with Crippen LogP contribution in [0.15, 0.2) is 48.5 Å². The molecule has 0 saturated carbocycles. The van der Waals surface area contributed by atoms with Crippen molar-refractivity contribution in [3.8, 4) is 0 Å². The number of carboxylic acid groups (broad SMARTS) is 1. The molecule has 1 heterocycles. The lowest BCUT2D eigenvalue weighted by Gasteiger charge is -2.35. The molecule has 146 valence electrons. The second-order valence-corrected chi connectivity index (χ2v) is 6.91.